The predicted molar refractivity (Wildman–Crippen MR) is 194 cm³/mol. The van der Waals surface area contributed by atoms with Crippen molar-refractivity contribution in [2.45, 2.75) is 104 Å². The van der Waals surface area contributed by atoms with E-state index in [2.05, 4.69) is 31.8 Å². The van der Waals surface area contributed by atoms with Gasteiger partial charge in [0.25, 0.3) is 5.91 Å². The highest BCUT2D eigenvalue weighted by atomic mass is 16.6. The van der Waals surface area contributed by atoms with Crippen LogP contribution < -0.4 is 26.7 Å². The molecule has 0 aliphatic carbocycles. The summed E-state index contributed by atoms with van der Waals surface area (Å²) in [6, 6.07) is 12.4. The molecule has 5 amide bonds. The number of hydrogen-bond acceptors (Lipinski definition) is 9. The van der Waals surface area contributed by atoms with Gasteiger partial charge in [0.1, 0.15) is 36.1 Å². The van der Waals surface area contributed by atoms with E-state index in [0.717, 1.165) is 5.56 Å². The number of benzene rings is 2. The highest BCUT2D eigenvalue weighted by Gasteiger charge is 2.32. The molecule has 0 radical (unpaired) electrons. The van der Waals surface area contributed by atoms with E-state index in [0.29, 0.717) is 18.4 Å². The molecule has 2 aromatic rings. The van der Waals surface area contributed by atoms with Crippen LogP contribution in [0.2, 0.25) is 0 Å². The lowest BCUT2D eigenvalue weighted by molar-refractivity contribution is -0.133. The number of carbonyl (C=O) groups is 5. The fraction of sp³-hybridized carbons (Fsp3) is 0.514. The molecule has 14 heteroatoms. The van der Waals surface area contributed by atoms with Crippen LogP contribution in [0.5, 0.6) is 5.75 Å². The Kier molecular flexibility index (Phi) is 17.4. The molecule has 0 saturated heterocycles. The van der Waals surface area contributed by atoms with Gasteiger partial charge in [-0.3, -0.25) is 14.4 Å². The molecular weight excluding hydrogens is 656 g/mol. The fourth-order valence-electron chi connectivity index (χ4n) is 4.72. The topological polar surface area (TPSA) is 197 Å². The zero-order valence-corrected chi connectivity index (χ0v) is 30.7. The molecule has 0 aliphatic heterocycles. The summed E-state index contributed by atoms with van der Waals surface area (Å²) < 4.78 is 10.6. The third-order valence-electron chi connectivity index (χ3n) is 7.28. The maximum absolute atomic E-state index is 13.7. The Bertz CT molecular complexity index is 1440. The number of carbonyl (C=O) groups excluding carboxylic acids is 5. The maximum atomic E-state index is 13.7. The predicted octanol–water partition coefficient (Wildman–Crippen LogP) is 4.50. The van der Waals surface area contributed by atoms with Crippen LogP contribution >= 0.6 is 0 Å². The number of amides is 5. The van der Waals surface area contributed by atoms with Crippen molar-refractivity contribution in [3.63, 3.8) is 0 Å². The highest BCUT2D eigenvalue weighted by molar-refractivity contribution is 5.94. The number of rotatable bonds is 18. The lowest BCUT2D eigenvalue weighted by atomic mass is 10.0. The SMILES string of the molecule is CC(C)C[C@H](NC(=O)[C@H](CCCCNC(=O)OCc1ccccc1)NC(=O)[C@@H](NC(=O)OC(C)(C)C)C(C)C)C(=O)N/N=C/c1ccc(O)cc1. The fourth-order valence-corrected chi connectivity index (χ4v) is 4.72. The van der Waals surface area contributed by atoms with Crippen molar-refractivity contribution in [1.82, 2.24) is 26.7 Å². The number of phenols is 1. The minimum atomic E-state index is -1.08. The molecule has 2 rings (SSSR count). The Morgan fingerprint density at radius 1 is 0.804 bits per heavy atom. The normalized spacial score (nSPS) is 13.2. The van der Waals surface area contributed by atoms with Gasteiger partial charge in [-0.25, -0.2) is 15.0 Å². The monoisotopic (exact) mass is 710 g/mol. The third kappa shape index (κ3) is 17.4. The van der Waals surface area contributed by atoms with Gasteiger partial charge in [0.2, 0.25) is 11.8 Å². The van der Waals surface area contributed by atoms with Crippen LogP contribution in [0.15, 0.2) is 59.7 Å². The van der Waals surface area contributed by atoms with Crippen molar-refractivity contribution in [2.75, 3.05) is 6.54 Å². The van der Waals surface area contributed by atoms with Crippen LogP contribution in [0.25, 0.3) is 0 Å². The van der Waals surface area contributed by atoms with Crippen molar-refractivity contribution in [3.8, 4) is 5.75 Å². The minimum absolute atomic E-state index is 0.0197. The number of nitrogens with zero attached hydrogens (tertiary/aromatic N) is 1. The van der Waals surface area contributed by atoms with Crippen molar-refractivity contribution in [2.24, 2.45) is 16.9 Å². The van der Waals surface area contributed by atoms with E-state index in [-0.39, 0.29) is 43.6 Å². The number of aromatic hydroxyl groups is 1. The lowest BCUT2D eigenvalue weighted by Gasteiger charge is -2.28. The van der Waals surface area contributed by atoms with Crippen LogP contribution in [0.3, 0.4) is 0 Å². The number of unbranched alkanes of at least 4 members (excludes halogenated alkanes) is 1. The van der Waals surface area contributed by atoms with E-state index in [9.17, 15) is 29.1 Å². The molecular formula is C37H54N6O8. The van der Waals surface area contributed by atoms with Crippen molar-refractivity contribution < 1.29 is 38.6 Å². The zero-order chi connectivity index (χ0) is 38.0. The molecule has 0 unspecified atom stereocenters. The number of hydrazone groups is 1. The first-order valence-electron chi connectivity index (χ1n) is 17.2. The van der Waals surface area contributed by atoms with E-state index in [1.807, 2.05) is 44.2 Å². The largest absolute Gasteiger partial charge is 0.508 e. The summed E-state index contributed by atoms with van der Waals surface area (Å²) in [6.45, 7) is 12.8. The van der Waals surface area contributed by atoms with Gasteiger partial charge < -0.3 is 35.8 Å². The molecule has 0 saturated carbocycles. The van der Waals surface area contributed by atoms with Crippen molar-refractivity contribution in [3.05, 3.63) is 65.7 Å². The average molecular weight is 711 g/mol. The molecule has 51 heavy (non-hydrogen) atoms. The Labute approximate surface area is 300 Å². The van der Waals surface area contributed by atoms with Gasteiger partial charge in [0.15, 0.2) is 0 Å². The van der Waals surface area contributed by atoms with Gasteiger partial charge in [-0.15, -0.1) is 0 Å². The number of nitrogens with one attached hydrogen (secondary N) is 5. The molecule has 280 valence electrons. The molecule has 0 heterocycles. The molecule has 0 bridgehead atoms. The van der Waals surface area contributed by atoms with Gasteiger partial charge in [-0.05, 0) is 93.7 Å². The van der Waals surface area contributed by atoms with E-state index in [1.54, 1.807) is 46.8 Å². The number of hydrogen-bond donors (Lipinski definition) is 6. The first kappa shape index (κ1) is 42.0. The van der Waals surface area contributed by atoms with Crippen LogP contribution in [-0.2, 0) is 30.5 Å². The van der Waals surface area contributed by atoms with Gasteiger partial charge in [0, 0.05) is 6.54 Å². The van der Waals surface area contributed by atoms with Gasteiger partial charge >= 0.3 is 12.2 Å². The highest BCUT2D eigenvalue weighted by Crippen LogP contribution is 2.12. The number of alkyl carbamates (subject to hydrolysis) is 2. The summed E-state index contributed by atoms with van der Waals surface area (Å²) >= 11 is 0. The van der Waals surface area contributed by atoms with Crippen LogP contribution in [0, 0.1) is 11.8 Å². The minimum Gasteiger partial charge on any atom is -0.508 e. The second-order valence-electron chi connectivity index (χ2n) is 13.9. The summed E-state index contributed by atoms with van der Waals surface area (Å²) in [7, 11) is 0. The molecule has 14 nitrogen and oxygen atoms in total. The Morgan fingerprint density at radius 3 is 2.06 bits per heavy atom. The second-order valence-corrected chi connectivity index (χ2v) is 13.9. The average Bonchev–Trinajstić information content (AvgIpc) is 3.05. The number of phenolic OH excluding ortho intramolecular Hbond substituents is 1. The molecule has 0 fully saturated rings. The lowest BCUT2D eigenvalue weighted by Crippen LogP contribution is -2.57. The van der Waals surface area contributed by atoms with Crippen molar-refractivity contribution >= 4 is 36.1 Å². The first-order valence-corrected chi connectivity index (χ1v) is 17.2. The molecule has 3 atom stereocenters. The number of ether oxygens (including phenoxy) is 2. The van der Waals surface area contributed by atoms with Crippen molar-refractivity contribution in [1.29, 1.82) is 0 Å². The Balaban J connectivity index is 2.11. The van der Waals surface area contributed by atoms with E-state index in [1.165, 1.54) is 18.3 Å². The first-order chi connectivity index (χ1) is 24.0. The standard InChI is InChI=1S/C37H54N6O8/c1-24(2)21-30(33(46)43-39-22-26-16-18-28(44)19-17-26)41-32(45)29(40-34(47)31(25(3)4)42-36(49)51-37(5,6)7)15-11-12-20-38-35(48)50-23-27-13-9-8-10-14-27/h8-10,13-14,16-19,22,24-25,29-31,44H,11-12,15,20-21,23H2,1-7H3,(H,38,48)(H,40,47)(H,41,45)(H,42,49)(H,43,46)/b39-22+/t29-,30-,31-/m0/s1. The molecule has 0 spiro atoms. The van der Waals surface area contributed by atoms with Gasteiger partial charge in [0.05, 0.1) is 6.21 Å². The van der Waals surface area contributed by atoms with Gasteiger partial charge in [-0.1, -0.05) is 58.0 Å². The third-order valence-corrected chi connectivity index (χ3v) is 7.28. The Morgan fingerprint density at radius 2 is 1.45 bits per heavy atom. The summed E-state index contributed by atoms with van der Waals surface area (Å²) in [6.07, 6.45) is 1.40. The molecule has 6 N–H and O–H groups in total. The van der Waals surface area contributed by atoms with E-state index in [4.69, 9.17) is 9.47 Å². The van der Waals surface area contributed by atoms with Crippen LogP contribution in [0.1, 0.15) is 85.3 Å². The summed E-state index contributed by atoms with van der Waals surface area (Å²) in [5, 5.41) is 24.3. The van der Waals surface area contributed by atoms with Crippen LogP contribution in [0.4, 0.5) is 9.59 Å². The summed E-state index contributed by atoms with van der Waals surface area (Å²) in [5.74, 6) is -1.98. The quantitative estimate of drug-likeness (QED) is 0.0739. The van der Waals surface area contributed by atoms with E-state index < -0.39 is 53.6 Å². The second kappa shape index (κ2) is 21.2. The molecule has 0 aliphatic rings. The van der Waals surface area contributed by atoms with E-state index >= 15 is 0 Å². The Hall–Kier alpha value is -5.14. The smallest absolute Gasteiger partial charge is 0.408 e. The summed E-state index contributed by atoms with van der Waals surface area (Å²) in [5.41, 5.74) is 3.16. The van der Waals surface area contributed by atoms with Gasteiger partial charge in [-0.2, -0.15) is 5.10 Å². The zero-order valence-electron chi connectivity index (χ0n) is 30.7. The molecule has 0 aromatic heterocycles. The van der Waals surface area contributed by atoms with Crippen LogP contribution in [-0.4, -0.2) is 71.5 Å². The summed E-state index contributed by atoms with van der Waals surface area (Å²) in [4.78, 5) is 65.1. The maximum Gasteiger partial charge on any atom is 0.408 e. The molecule has 2 aromatic carbocycles.